The van der Waals surface area contributed by atoms with Crippen molar-refractivity contribution in [2.24, 2.45) is 0 Å². The molecule has 7 heteroatoms. The number of rotatable bonds is 6. The average molecular weight is 380 g/mol. The summed E-state index contributed by atoms with van der Waals surface area (Å²) in [5, 5.41) is 10.3. The SMILES string of the molecule is CCc1nn(CC(=O)NCCc2cccs2)c(=O)c2cc3ccccc3n12. The first-order chi connectivity index (χ1) is 13.2. The molecule has 4 rings (SSSR count). The molecular weight excluding hydrogens is 360 g/mol. The highest BCUT2D eigenvalue weighted by Gasteiger charge is 2.15. The zero-order valence-corrected chi connectivity index (χ0v) is 15.8. The Balaban J connectivity index is 1.60. The lowest BCUT2D eigenvalue weighted by molar-refractivity contribution is -0.121. The molecule has 4 aromatic rings. The summed E-state index contributed by atoms with van der Waals surface area (Å²) in [7, 11) is 0. The first-order valence-corrected chi connectivity index (χ1v) is 9.84. The van der Waals surface area contributed by atoms with Crippen molar-refractivity contribution in [2.45, 2.75) is 26.3 Å². The van der Waals surface area contributed by atoms with Gasteiger partial charge < -0.3 is 5.32 Å². The number of amides is 1. The van der Waals surface area contributed by atoms with E-state index in [9.17, 15) is 9.59 Å². The van der Waals surface area contributed by atoms with Crippen molar-refractivity contribution in [3.05, 3.63) is 68.9 Å². The highest BCUT2D eigenvalue weighted by molar-refractivity contribution is 7.09. The van der Waals surface area contributed by atoms with Gasteiger partial charge in [0, 0.05) is 23.2 Å². The molecule has 3 heterocycles. The van der Waals surface area contributed by atoms with Crippen molar-refractivity contribution in [1.29, 1.82) is 0 Å². The van der Waals surface area contributed by atoms with Crippen LogP contribution in [0, 0.1) is 0 Å². The van der Waals surface area contributed by atoms with Gasteiger partial charge in [0.15, 0.2) is 0 Å². The maximum absolute atomic E-state index is 12.9. The van der Waals surface area contributed by atoms with Crippen LogP contribution in [-0.4, -0.2) is 26.6 Å². The van der Waals surface area contributed by atoms with Gasteiger partial charge in [-0.3, -0.25) is 14.0 Å². The van der Waals surface area contributed by atoms with Gasteiger partial charge in [-0.05, 0) is 30.0 Å². The average Bonchev–Trinajstić information content (AvgIpc) is 3.32. The van der Waals surface area contributed by atoms with E-state index in [2.05, 4.69) is 10.4 Å². The Hall–Kier alpha value is -2.93. The summed E-state index contributed by atoms with van der Waals surface area (Å²) in [5.74, 6) is 0.556. The van der Waals surface area contributed by atoms with Gasteiger partial charge in [-0.1, -0.05) is 31.2 Å². The molecule has 0 aliphatic rings. The topological polar surface area (TPSA) is 68.4 Å². The molecule has 27 heavy (non-hydrogen) atoms. The lowest BCUT2D eigenvalue weighted by atomic mass is 10.2. The lowest BCUT2D eigenvalue weighted by Gasteiger charge is -2.10. The third-order valence-electron chi connectivity index (χ3n) is 4.54. The molecule has 0 spiro atoms. The molecule has 1 N–H and O–H groups in total. The van der Waals surface area contributed by atoms with Crippen molar-refractivity contribution in [2.75, 3.05) is 6.54 Å². The Morgan fingerprint density at radius 3 is 2.81 bits per heavy atom. The van der Waals surface area contributed by atoms with Crippen LogP contribution in [0.25, 0.3) is 16.4 Å². The molecule has 0 bridgehead atoms. The molecule has 1 aromatic carbocycles. The monoisotopic (exact) mass is 380 g/mol. The van der Waals surface area contributed by atoms with Crippen LogP contribution in [0.1, 0.15) is 17.6 Å². The van der Waals surface area contributed by atoms with Gasteiger partial charge in [-0.25, -0.2) is 4.68 Å². The van der Waals surface area contributed by atoms with Gasteiger partial charge in [-0.15, -0.1) is 11.3 Å². The molecule has 6 nitrogen and oxygen atoms in total. The Bertz CT molecular complexity index is 1160. The molecule has 0 saturated heterocycles. The van der Waals surface area contributed by atoms with E-state index in [-0.39, 0.29) is 18.0 Å². The molecule has 0 radical (unpaired) electrons. The summed E-state index contributed by atoms with van der Waals surface area (Å²) in [4.78, 5) is 26.4. The predicted octanol–water partition coefficient (Wildman–Crippen LogP) is 2.63. The van der Waals surface area contributed by atoms with Crippen LogP contribution in [0.2, 0.25) is 0 Å². The van der Waals surface area contributed by atoms with Gasteiger partial charge in [0.1, 0.15) is 17.9 Å². The molecule has 0 atom stereocenters. The fourth-order valence-corrected chi connectivity index (χ4v) is 3.97. The van der Waals surface area contributed by atoms with Crippen LogP contribution >= 0.6 is 11.3 Å². The third kappa shape index (κ3) is 3.38. The second-order valence-corrected chi connectivity index (χ2v) is 7.37. The summed E-state index contributed by atoms with van der Waals surface area (Å²) in [6, 6.07) is 13.7. The number of para-hydroxylation sites is 1. The van der Waals surface area contributed by atoms with E-state index < -0.39 is 0 Å². The van der Waals surface area contributed by atoms with E-state index >= 15 is 0 Å². The highest BCUT2D eigenvalue weighted by atomic mass is 32.1. The van der Waals surface area contributed by atoms with Crippen LogP contribution in [-0.2, 0) is 24.2 Å². The highest BCUT2D eigenvalue weighted by Crippen LogP contribution is 2.19. The van der Waals surface area contributed by atoms with Crippen LogP contribution in [0.3, 0.4) is 0 Å². The van der Waals surface area contributed by atoms with Gasteiger partial charge in [0.25, 0.3) is 5.56 Å². The predicted molar refractivity (Wildman–Crippen MR) is 107 cm³/mol. The number of hydrogen-bond donors (Lipinski definition) is 1. The minimum atomic E-state index is -0.253. The van der Waals surface area contributed by atoms with E-state index in [1.54, 1.807) is 11.3 Å². The zero-order valence-electron chi connectivity index (χ0n) is 15.0. The van der Waals surface area contributed by atoms with Crippen molar-refractivity contribution in [3.8, 4) is 0 Å². The van der Waals surface area contributed by atoms with Crippen LogP contribution in [0.4, 0.5) is 0 Å². The van der Waals surface area contributed by atoms with Gasteiger partial charge in [-0.2, -0.15) is 5.10 Å². The second-order valence-electron chi connectivity index (χ2n) is 6.34. The summed E-state index contributed by atoms with van der Waals surface area (Å²) >= 11 is 1.67. The smallest absolute Gasteiger partial charge is 0.291 e. The van der Waals surface area contributed by atoms with E-state index in [0.717, 1.165) is 23.1 Å². The molecule has 138 valence electrons. The molecular formula is C20H20N4O2S. The molecule has 0 fully saturated rings. The van der Waals surface area contributed by atoms with E-state index in [4.69, 9.17) is 0 Å². The molecule has 0 aliphatic carbocycles. The maximum atomic E-state index is 12.9. The van der Waals surface area contributed by atoms with Crippen molar-refractivity contribution in [1.82, 2.24) is 19.5 Å². The van der Waals surface area contributed by atoms with Crippen LogP contribution in [0.15, 0.2) is 52.6 Å². The molecule has 0 unspecified atom stereocenters. The number of aryl methyl sites for hydroxylation is 1. The normalized spacial score (nSPS) is 11.3. The van der Waals surface area contributed by atoms with Crippen LogP contribution in [0.5, 0.6) is 0 Å². The van der Waals surface area contributed by atoms with E-state index in [1.165, 1.54) is 9.56 Å². The third-order valence-corrected chi connectivity index (χ3v) is 5.48. The number of nitrogens with zero attached hydrogens (tertiary/aromatic N) is 3. The number of carbonyl (C=O) groups excluding carboxylic acids is 1. The zero-order chi connectivity index (χ0) is 18.8. The largest absolute Gasteiger partial charge is 0.354 e. The van der Waals surface area contributed by atoms with Gasteiger partial charge >= 0.3 is 0 Å². The minimum absolute atomic E-state index is 0.0751. The Kier molecular flexibility index (Phi) is 4.77. The Morgan fingerprint density at radius 1 is 1.19 bits per heavy atom. The number of thiophene rings is 1. The standard InChI is InChI=1S/C20H20N4O2S/c1-2-18-22-23(13-19(25)21-10-9-15-7-5-11-27-15)20(26)17-12-14-6-3-4-8-16(14)24(17)18/h3-8,11-12H,2,9-10,13H2,1H3,(H,21,25). The summed E-state index contributed by atoms with van der Waals surface area (Å²) in [5.41, 5.74) is 1.26. The molecule has 1 amide bonds. The van der Waals surface area contributed by atoms with Crippen molar-refractivity contribution < 1.29 is 4.79 Å². The molecule has 0 aliphatic heterocycles. The van der Waals surface area contributed by atoms with E-state index in [1.807, 2.05) is 59.2 Å². The first-order valence-electron chi connectivity index (χ1n) is 8.96. The summed E-state index contributed by atoms with van der Waals surface area (Å²) in [6.07, 6.45) is 1.45. The van der Waals surface area contributed by atoms with Crippen LogP contribution < -0.4 is 10.9 Å². The molecule has 3 aromatic heterocycles. The fourth-order valence-electron chi connectivity index (χ4n) is 3.26. The Morgan fingerprint density at radius 2 is 2.04 bits per heavy atom. The van der Waals surface area contributed by atoms with Gasteiger partial charge in [0.05, 0.1) is 5.52 Å². The number of nitrogens with one attached hydrogen (secondary N) is 1. The number of benzene rings is 1. The summed E-state index contributed by atoms with van der Waals surface area (Å²) < 4.78 is 3.16. The van der Waals surface area contributed by atoms with Gasteiger partial charge in [0.2, 0.25) is 5.91 Å². The first kappa shape index (κ1) is 17.5. The van der Waals surface area contributed by atoms with Crippen molar-refractivity contribution >= 4 is 33.7 Å². The quantitative estimate of drug-likeness (QED) is 0.559. The maximum Gasteiger partial charge on any atom is 0.291 e. The number of fused-ring (bicyclic) bond motifs is 3. The number of aromatic nitrogens is 3. The number of carbonyl (C=O) groups is 1. The minimum Gasteiger partial charge on any atom is -0.354 e. The summed E-state index contributed by atoms with van der Waals surface area (Å²) in [6.45, 7) is 2.47. The Labute approximate surface area is 160 Å². The number of hydrogen-bond acceptors (Lipinski definition) is 4. The van der Waals surface area contributed by atoms with E-state index in [0.29, 0.717) is 18.5 Å². The fraction of sp³-hybridized carbons (Fsp3) is 0.250. The second kappa shape index (κ2) is 7.36. The van der Waals surface area contributed by atoms with Crippen molar-refractivity contribution in [3.63, 3.8) is 0 Å². The molecule has 0 saturated carbocycles. The lowest BCUT2D eigenvalue weighted by Crippen LogP contribution is -2.35.